The van der Waals surface area contributed by atoms with Crippen LogP contribution in [0.3, 0.4) is 0 Å². The van der Waals surface area contributed by atoms with Gasteiger partial charge in [0.05, 0.1) is 0 Å². The maximum absolute atomic E-state index is 12.4. The van der Waals surface area contributed by atoms with E-state index in [1.54, 1.807) is 0 Å². The van der Waals surface area contributed by atoms with Crippen molar-refractivity contribution in [1.82, 2.24) is 10.2 Å². The molecule has 0 bridgehead atoms. The normalized spacial score (nSPS) is 29.8. The van der Waals surface area contributed by atoms with Gasteiger partial charge in [-0.2, -0.15) is 0 Å². The van der Waals surface area contributed by atoms with Gasteiger partial charge in [0, 0.05) is 24.7 Å². The molecule has 2 atom stereocenters. The number of hydrogen-bond donors (Lipinski definition) is 1. The highest BCUT2D eigenvalue weighted by molar-refractivity contribution is 5.68. The summed E-state index contributed by atoms with van der Waals surface area (Å²) in [6.07, 6.45) is 7.67. The first-order chi connectivity index (χ1) is 10.3. The van der Waals surface area contributed by atoms with Crippen LogP contribution in [0.2, 0.25) is 0 Å². The maximum Gasteiger partial charge on any atom is 0.410 e. The maximum atomic E-state index is 12.4. The largest absolute Gasteiger partial charge is 0.444 e. The zero-order valence-corrected chi connectivity index (χ0v) is 14.6. The number of likely N-dealkylation sites (tertiary alicyclic amines) is 1. The Bertz CT molecular complexity index is 398. The van der Waals surface area contributed by atoms with E-state index in [1.165, 1.54) is 32.1 Å². The lowest BCUT2D eigenvalue weighted by molar-refractivity contribution is 0.00592. The smallest absolute Gasteiger partial charge is 0.410 e. The minimum Gasteiger partial charge on any atom is -0.444 e. The van der Waals surface area contributed by atoms with Crippen LogP contribution in [0, 0.1) is 11.8 Å². The summed E-state index contributed by atoms with van der Waals surface area (Å²) in [6.45, 7) is 8.81. The molecule has 0 aromatic rings. The van der Waals surface area contributed by atoms with Gasteiger partial charge in [0.2, 0.25) is 0 Å². The number of nitrogens with one attached hydrogen (secondary N) is 1. The molecule has 3 rings (SSSR count). The molecule has 2 unspecified atom stereocenters. The average molecular weight is 308 g/mol. The fraction of sp³-hybridized carbons (Fsp3) is 0.944. The van der Waals surface area contributed by atoms with E-state index in [0.717, 1.165) is 24.8 Å². The number of carbonyl (C=O) groups is 1. The molecule has 0 aromatic carbocycles. The van der Waals surface area contributed by atoms with E-state index in [9.17, 15) is 4.79 Å². The minimum absolute atomic E-state index is 0.152. The van der Waals surface area contributed by atoms with Gasteiger partial charge in [-0.1, -0.05) is 0 Å². The Morgan fingerprint density at radius 2 is 1.73 bits per heavy atom. The SMILES string of the molecule is CC1C(NC(C2CC2)C2CC2)CCCN1C(=O)OC(C)(C)C. The number of carbonyl (C=O) groups excluding carboxylic acids is 1. The van der Waals surface area contributed by atoms with E-state index in [0.29, 0.717) is 12.1 Å². The van der Waals surface area contributed by atoms with Crippen LogP contribution < -0.4 is 5.32 Å². The fourth-order valence-electron chi connectivity index (χ4n) is 3.76. The van der Waals surface area contributed by atoms with Crippen LogP contribution in [-0.2, 0) is 4.74 Å². The highest BCUT2D eigenvalue weighted by Gasteiger charge is 2.44. The van der Waals surface area contributed by atoms with E-state index in [1.807, 2.05) is 25.7 Å². The van der Waals surface area contributed by atoms with Gasteiger partial charge in [0.15, 0.2) is 0 Å². The molecule has 1 amide bonds. The van der Waals surface area contributed by atoms with Gasteiger partial charge >= 0.3 is 6.09 Å². The molecule has 1 saturated heterocycles. The minimum atomic E-state index is -0.415. The van der Waals surface area contributed by atoms with Crippen molar-refractivity contribution in [2.24, 2.45) is 11.8 Å². The molecule has 3 fully saturated rings. The monoisotopic (exact) mass is 308 g/mol. The van der Waals surface area contributed by atoms with E-state index < -0.39 is 5.60 Å². The summed E-state index contributed by atoms with van der Waals surface area (Å²) < 4.78 is 5.58. The molecule has 126 valence electrons. The lowest BCUT2D eigenvalue weighted by Gasteiger charge is -2.41. The topological polar surface area (TPSA) is 41.6 Å². The predicted molar refractivity (Wildman–Crippen MR) is 87.8 cm³/mol. The van der Waals surface area contributed by atoms with Crippen molar-refractivity contribution in [2.45, 2.75) is 89.9 Å². The molecule has 4 heteroatoms. The molecule has 22 heavy (non-hydrogen) atoms. The van der Waals surface area contributed by atoms with Crippen molar-refractivity contribution in [3.63, 3.8) is 0 Å². The van der Waals surface area contributed by atoms with E-state index in [4.69, 9.17) is 4.74 Å². The second-order valence-corrected chi connectivity index (χ2v) is 8.53. The summed E-state index contributed by atoms with van der Waals surface area (Å²) in [5, 5.41) is 3.93. The van der Waals surface area contributed by atoms with Crippen molar-refractivity contribution in [2.75, 3.05) is 6.54 Å². The average Bonchev–Trinajstić information content (AvgIpc) is 3.27. The molecule has 3 aliphatic rings. The summed E-state index contributed by atoms with van der Waals surface area (Å²) in [5.74, 6) is 1.80. The molecule has 1 heterocycles. The Kier molecular flexibility index (Phi) is 4.41. The van der Waals surface area contributed by atoms with Crippen LogP contribution in [0.1, 0.15) is 66.2 Å². The van der Waals surface area contributed by atoms with Crippen LogP contribution in [0.15, 0.2) is 0 Å². The number of rotatable bonds is 4. The number of amides is 1. The van der Waals surface area contributed by atoms with Crippen molar-refractivity contribution in [3.8, 4) is 0 Å². The number of piperidine rings is 1. The van der Waals surface area contributed by atoms with Crippen LogP contribution in [-0.4, -0.2) is 41.3 Å². The summed E-state index contributed by atoms with van der Waals surface area (Å²) in [6, 6.07) is 1.35. The lowest BCUT2D eigenvalue weighted by Crippen LogP contribution is -2.57. The van der Waals surface area contributed by atoms with Crippen molar-refractivity contribution in [1.29, 1.82) is 0 Å². The Balaban J connectivity index is 1.59. The van der Waals surface area contributed by atoms with Crippen LogP contribution >= 0.6 is 0 Å². The van der Waals surface area contributed by atoms with Crippen molar-refractivity contribution in [3.05, 3.63) is 0 Å². The third-order valence-electron chi connectivity index (χ3n) is 5.28. The number of ether oxygens (including phenoxy) is 1. The summed E-state index contributed by atoms with van der Waals surface area (Å²) in [5.41, 5.74) is -0.415. The summed E-state index contributed by atoms with van der Waals surface area (Å²) >= 11 is 0. The molecule has 1 N–H and O–H groups in total. The van der Waals surface area contributed by atoms with Crippen molar-refractivity contribution < 1.29 is 9.53 Å². The molecular formula is C18H32N2O2. The van der Waals surface area contributed by atoms with Crippen LogP contribution in [0.25, 0.3) is 0 Å². The van der Waals surface area contributed by atoms with Gasteiger partial charge in [-0.25, -0.2) is 4.79 Å². The van der Waals surface area contributed by atoms with Gasteiger partial charge in [0.1, 0.15) is 5.60 Å². The highest BCUT2D eigenvalue weighted by Crippen LogP contribution is 2.45. The second-order valence-electron chi connectivity index (χ2n) is 8.53. The standard InChI is InChI=1S/C18H32N2O2/c1-12-15(19-16(13-7-8-13)14-9-10-14)6-5-11-20(12)17(21)22-18(2,3)4/h12-16,19H,5-11H2,1-4H3. The quantitative estimate of drug-likeness (QED) is 0.863. The van der Waals surface area contributed by atoms with Crippen LogP contribution in [0.4, 0.5) is 4.79 Å². The van der Waals surface area contributed by atoms with Gasteiger partial charge in [-0.15, -0.1) is 0 Å². The molecular weight excluding hydrogens is 276 g/mol. The van der Waals surface area contributed by atoms with E-state index in [-0.39, 0.29) is 12.1 Å². The number of nitrogens with zero attached hydrogens (tertiary/aromatic N) is 1. The summed E-state index contributed by atoms with van der Waals surface area (Å²) in [7, 11) is 0. The predicted octanol–water partition coefficient (Wildman–Crippen LogP) is 3.55. The zero-order valence-electron chi connectivity index (χ0n) is 14.6. The first-order valence-corrected chi connectivity index (χ1v) is 9.11. The Morgan fingerprint density at radius 1 is 1.14 bits per heavy atom. The van der Waals surface area contributed by atoms with Gasteiger partial charge in [-0.05, 0) is 78.1 Å². The third kappa shape index (κ3) is 3.95. The molecule has 1 aliphatic heterocycles. The van der Waals surface area contributed by atoms with Crippen molar-refractivity contribution >= 4 is 6.09 Å². The molecule has 2 saturated carbocycles. The van der Waals surface area contributed by atoms with E-state index in [2.05, 4.69) is 12.2 Å². The Morgan fingerprint density at radius 3 is 2.23 bits per heavy atom. The lowest BCUT2D eigenvalue weighted by atomic mass is 9.95. The number of hydrogen-bond acceptors (Lipinski definition) is 3. The van der Waals surface area contributed by atoms with E-state index >= 15 is 0 Å². The van der Waals surface area contributed by atoms with Crippen LogP contribution in [0.5, 0.6) is 0 Å². The fourth-order valence-corrected chi connectivity index (χ4v) is 3.76. The molecule has 2 aliphatic carbocycles. The third-order valence-corrected chi connectivity index (χ3v) is 5.28. The first-order valence-electron chi connectivity index (χ1n) is 9.11. The summed E-state index contributed by atoms with van der Waals surface area (Å²) in [4.78, 5) is 14.4. The molecule has 0 spiro atoms. The molecule has 4 nitrogen and oxygen atoms in total. The highest BCUT2D eigenvalue weighted by atomic mass is 16.6. The Hall–Kier alpha value is -0.770. The first kappa shape index (κ1) is 16.1. The van der Waals surface area contributed by atoms with Gasteiger partial charge in [-0.3, -0.25) is 0 Å². The van der Waals surface area contributed by atoms with Gasteiger partial charge in [0.25, 0.3) is 0 Å². The second kappa shape index (κ2) is 6.03. The Labute approximate surface area is 135 Å². The zero-order chi connectivity index (χ0) is 15.9. The van der Waals surface area contributed by atoms with Gasteiger partial charge < -0.3 is 15.0 Å². The molecule has 0 aromatic heterocycles. The molecule has 0 radical (unpaired) electrons.